The first-order chi connectivity index (χ1) is 7.65. The molecular weight excluding hydrogens is 294 g/mol. The highest BCUT2D eigenvalue weighted by Crippen LogP contribution is 2.07. The Balaban J connectivity index is 4.41. The van der Waals surface area contributed by atoms with Crippen LogP contribution in [0.5, 0.6) is 0 Å². The Morgan fingerprint density at radius 1 is 1.35 bits per heavy atom. The SMILES string of the molecule is CC(C)(C)OC(=O)N[C@@H](CC(=O)CBr)C(=O)O. The molecule has 0 spiro atoms. The van der Waals surface area contributed by atoms with Gasteiger partial charge in [-0.2, -0.15) is 0 Å². The molecule has 0 heterocycles. The van der Waals surface area contributed by atoms with E-state index in [0.29, 0.717) is 0 Å². The fourth-order valence-electron chi connectivity index (χ4n) is 0.932. The van der Waals surface area contributed by atoms with Crippen molar-refractivity contribution in [3.8, 4) is 0 Å². The fraction of sp³-hybridized carbons (Fsp3) is 0.700. The van der Waals surface area contributed by atoms with E-state index < -0.39 is 23.7 Å². The maximum Gasteiger partial charge on any atom is 0.408 e. The number of carboxylic acid groups (broad SMARTS) is 1. The second-order valence-corrected chi connectivity index (χ2v) is 4.97. The molecule has 0 aromatic heterocycles. The second-order valence-electron chi connectivity index (χ2n) is 4.41. The van der Waals surface area contributed by atoms with Gasteiger partial charge in [0.2, 0.25) is 0 Å². The molecule has 0 aliphatic rings. The molecule has 0 aromatic carbocycles. The van der Waals surface area contributed by atoms with Crippen molar-refractivity contribution in [2.75, 3.05) is 5.33 Å². The molecule has 0 saturated carbocycles. The molecule has 0 saturated heterocycles. The number of alkyl carbamates (subject to hydrolysis) is 1. The van der Waals surface area contributed by atoms with Gasteiger partial charge < -0.3 is 15.2 Å². The lowest BCUT2D eigenvalue weighted by atomic mass is 10.1. The largest absolute Gasteiger partial charge is 0.480 e. The minimum Gasteiger partial charge on any atom is -0.480 e. The zero-order valence-corrected chi connectivity index (χ0v) is 11.5. The van der Waals surface area contributed by atoms with Crippen molar-refractivity contribution in [1.29, 1.82) is 0 Å². The van der Waals surface area contributed by atoms with Crippen LogP contribution in [0.1, 0.15) is 27.2 Å². The van der Waals surface area contributed by atoms with Crippen molar-refractivity contribution in [3.05, 3.63) is 0 Å². The number of alkyl halides is 1. The molecule has 7 heteroatoms. The number of carbonyl (C=O) groups is 3. The van der Waals surface area contributed by atoms with E-state index in [1.165, 1.54) is 0 Å². The van der Waals surface area contributed by atoms with E-state index in [2.05, 4.69) is 21.2 Å². The van der Waals surface area contributed by atoms with Crippen LogP contribution in [-0.2, 0) is 14.3 Å². The molecule has 0 bridgehead atoms. The second kappa shape index (κ2) is 6.58. The Morgan fingerprint density at radius 3 is 2.24 bits per heavy atom. The number of carboxylic acids is 1. The minimum atomic E-state index is -1.27. The molecule has 0 fully saturated rings. The number of hydrogen-bond acceptors (Lipinski definition) is 4. The highest BCUT2D eigenvalue weighted by molar-refractivity contribution is 9.09. The van der Waals surface area contributed by atoms with Crippen LogP contribution >= 0.6 is 15.9 Å². The number of rotatable bonds is 5. The number of amides is 1. The van der Waals surface area contributed by atoms with Gasteiger partial charge in [0.15, 0.2) is 0 Å². The highest BCUT2D eigenvalue weighted by Gasteiger charge is 2.25. The molecule has 0 radical (unpaired) electrons. The van der Waals surface area contributed by atoms with Gasteiger partial charge in [-0.05, 0) is 20.8 Å². The van der Waals surface area contributed by atoms with Crippen molar-refractivity contribution in [2.45, 2.75) is 38.8 Å². The standard InChI is InChI=1S/C10H16BrNO5/c1-10(2,3)17-9(16)12-7(8(14)15)4-6(13)5-11/h7H,4-5H2,1-3H3,(H,12,16)(H,14,15)/t7-/m0/s1. The first kappa shape index (κ1) is 15.9. The van der Waals surface area contributed by atoms with E-state index in [4.69, 9.17) is 9.84 Å². The molecule has 17 heavy (non-hydrogen) atoms. The summed E-state index contributed by atoms with van der Waals surface area (Å²) in [7, 11) is 0. The Labute approximate surface area is 108 Å². The third kappa shape index (κ3) is 7.73. The summed E-state index contributed by atoms with van der Waals surface area (Å²) in [4.78, 5) is 33.2. The van der Waals surface area contributed by atoms with Crippen LogP contribution < -0.4 is 5.32 Å². The average Bonchev–Trinajstić information content (AvgIpc) is 2.13. The first-order valence-electron chi connectivity index (χ1n) is 4.95. The van der Waals surface area contributed by atoms with Gasteiger partial charge in [0.25, 0.3) is 0 Å². The lowest BCUT2D eigenvalue weighted by Gasteiger charge is -2.21. The molecule has 0 aromatic rings. The third-order valence-corrected chi connectivity index (χ3v) is 2.20. The summed E-state index contributed by atoms with van der Waals surface area (Å²) in [5.74, 6) is -1.58. The Bertz CT molecular complexity index is 310. The zero-order chi connectivity index (χ0) is 13.6. The summed E-state index contributed by atoms with van der Waals surface area (Å²) < 4.78 is 4.90. The van der Waals surface area contributed by atoms with E-state index >= 15 is 0 Å². The zero-order valence-electron chi connectivity index (χ0n) is 9.95. The summed E-state index contributed by atoms with van der Waals surface area (Å²) in [5, 5.41) is 11.0. The van der Waals surface area contributed by atoms with Gasteiger partial charge in [-0.1, -0.05) is 15.9 Å². The fourth-order valence-corrected chi connectivity index (χ4v) is 1.16. The topological polar surface area (TPSA) is 92.7 Å². The molecule has 0 unspecified atom stereocenters. The summed E-state index contributed by atoms with van der Waals surface area (Å²) in [6, 6.07) is -1.27. The maximum absolute atomic E-state index is 11.3. The summed E-state index contributed by atoms with van der Waals surface area (Å²) in [6.07, 6.45) is -1.13. The molecule has 0 aliphatic heterocycles. The number of carbonyl (C=O) groups excluding carboxylic acids is 2. The monoisotopic (exact) mass is 309 g/mol. The van der Waals surface area contributed by atoms with Gasteiger partial charge in [0.1, 0.15) is 17.4 Å². The van der Waals surface area contributed by atoms with Crippen LogP contribution in [0.25, 0.3) is 0 Å². The number of hydrogen-bond donors (Lipinski definition) is 2. The van der Waals surface area contributed by atoms with E-state index in [1.54, 1.807) is 20.8 Å². The van der Waals surface area contributed by atoms with Crippen LogP contribution in [0.3, 0.4) is 0 Å². The number of nitrogens with one attached hydrogen (secondary N) is 1. The van der Waals surface area contributed by atoms with Crippen LogP contribution in [-0.4, -0.2) is 39.9 Å². The van der Waals surface area contributed by atoms with Crippen LogP contribution in [0, 0.1) is 0 Å². The number of ether oxygens (including phenoxy) is 1. The summed E-state index contributed by atoms with van der Waals surface area (Å²) >= 11 is 2.92. The van der Waals surface area contributed by atoms with Crippen LogP contribution in [0.15, 0.2) is 0 Å². The quantitative estimate of drug-likeness (QED) is 0.747. The highest BCUT2D eigenvalue weighted by atomic mass is 79.9. The smallest absolute Gasteiger partial charge is 0.408 e. The molecule has 0 rings (SSSR count). The Morgan fingerprint density at radius 2 is 1.88 bits per heavy atom. The van der Waals surface area contributed by atoms with Crippen LogP contribution in [0.2, 0.25) is 0 Å². The summed E-state index contributed by atoms with van der Waals surface area (Å²) in [5.41, 5.74) is -0.716. The number of halogens is 1. The lowest BCUT2D eigenvalue weighted by molar-refractivity contribution is -0.141. The molecule has 1 amide bonds. The van der Waals surface area contributed by atoms with Crippen LogP contribution in [0.4, 0.5) is 4.79 Å². The summed E-state index contributed by atoms with van der Waals surface area (Å²) in [6.45, 7) is 4.98. The van der Waals surface area contributed by atoms with Gasteiger partial charge in [-0.15, -0.1) is 0 Å². The van der Waals surface area contributed by atoms with Crippen molar-refractivity contribution in [1.82, 2.24) is 5.32 Å². The van der Waals surface area contributed by atoms with Crippen molar-refractivity contribution in [3.63, 3.8) is 0 Å². The van der Waals surface area contributed by atoms with Crippen molar-refractivity contribution >= 4 is 33.8 Å². The molecule has 98 valence electrons. The number of ketones is 1. The predicted molar refractivity (Wildman–Crippen MR) is 64.2 cm³/mol. The molecule has 0 aliphatic carbocycles. The average molecular weight is 310 g/mol. The number of aliphatic carboxylic acids is 1. The van der Waals surface area contributed by atoms with E-state index in [9.17, 15) is 14.4 Å². The normalized spacial score (nSPS) is 12.7. The third-order valence-electron chi connectivity index (χ3n) is 1.57. The lowest BCUT2D eigenvalue weighted by Crippen LogP contribution is -2.44. The molecule has 2 N–H and O–H groups in total. The van der Waals surface area contributed by atoms with Crippen molar-refractivity contribution < 1.29 is 24.2 Å². The first-order valence-corrected chi connectivity index (χ1v) is 6.08. The molecule has 6 nitrogen and oxygen atoms in total. The van der Waals surface area contributed by atoms with Gasteiger partial charge in [0.05, 0.1) is 5.33 Å². The van der Waals surface area contributed by atoms with Gasteiger partial charge in [0, 0.05) is 6.42 Å². The Hall–Kier alpha value is -1.11. The van der Waals surface area contributed by atoms with E-state index in [0.717, 1.165) is 0 Å². The molecular formula is C10H16BrNO5. The van der Waals surface area contributed by atoms with E-state index in [1.807, 2.05) is 0 Å². The molecule has 1 atom stereocenters. The van der Waals surface area contributed by atoms with Gasteiger partial charge in [-0.25, -0.2) is 9.59 Å². The Kier molecular flexibility index (Phi) is 6.15. The van der Waals surface area contributed by atoms with E-state index in [-0.39, 0.29) is 17.5 Å². The minimum absolute atomic E-state index is 0.0484. The predicted octanol–water partition coefficient (Wildman–Crippen LogP) is 1.32. The van der Waals surface area contributed by atoms with Gasteiger partial charge in [-0.3, -0.25) is 4.79 Å². The maximum atomic E-state index is 11.3. The van der Waals surface area contributed by atoms with Gasteiger partial charge >= 0.3 is 12.1 Å². The van der Waals surface area contributed by atoms with Crippen molar-refractivity contribution in [2.24, 2.45) is 0 Å². The number of Topliss-reactive ketones (excluding diaryl/α,β-unsaturated/α-hetero) is 1.